The summed E-state index contributed by atoms with van der Waals surface area (Å²) < 4.78 is 26.5. The number of allylic oxidation sites excluding steroid dienone is 4. The molecule has 292 valence electrons. The van der Waals surface area contributed by atoms with Gasteiger partial charge in [-0.2, -0.15) is 0 Å². The highest BCUT2D eigenvalue weighted by Crippen LogP contribution is 2.56. The number of rotatable bonds is 10. The fourth-order valence-electron chi connectivity index (χ4n) is 8.35. The molecule has 7 heteroatoms. The molecule has 0 aromatic rings. The molecule has 2 fully saturated rings. The van der Waals surface area contributed by atoms with E-state index in [2.05, 4.69) is 148 Å². The van der Waals surface area contributed by atoms with Crippen LogP contribution in [0.15, 0.2) is 47.1 Å². The van der Waals surface area contributed by atoms with E-state index in [0.29, 0.717) is 5.92 Å². The molecule has 0 amide bonds. The Labute approximate surface area is 316 Å². The molecule has 3 aliphatic rings. The monoisotopic (exact) mass is 743 g/mol. The lowest BCUT2D eigenvalue weighted by atomic mass is 9.63. The van der Waals surface area contributed by atoms with Gasteiger partial charge in [0, 0.05) is 6.42 Å². The summed E-state index contributed by atoms with van der Waals surface area (Å²) in [6.45, 7) is 45.2. The summed E-state index contributed by atoms with van der Waals surface area (Å²) in [6, 6.07) is 0. The molecule has 0 aliphatic heterocycles. The maximum absolute atomic E-state index is 13.0. The Morgan fingerprint density at radius 3 is 2.00 bits per heavy atom. The van der Waals surface area contributed by atoms with Crippen LogP contribution in [0.3, 0.4) is 0 Å². The quantitative estimate of drug-likeness (QED) is 0.127. The van der Waals surface area contributed by atoms with Crippen molar-refractivity contribution in [3.8, 4) is 0 Å². The van der Waals surface area contributed by atoms with Gasteiger partial charge in [0.1, 0.15) is 12.7 Å². The van der Waals surface area contributed by atoms with E-state index in [1.54, 1.807) is 0 Å². The first kappa shape index (κ1) is 44.1. The number of esters is 1. The van der Waals surface area contributed by atoms with E-state index in [0.717, 1.165) is 44.1 Å². The summed E-state index contributed by atoms with van der Waals surface area (Å²) in [7, 11) is -4.00. The molecule has 0 heterocycles. The fourth-order valence-corrected chi connectivity index (χ4v) is 11.0. The van der Waals surface area contributed by atoms with Crippen LogP contribution in [-0.4, -0.2) is 53.6 Å². The Morgan fingerprint density at radius 2 is 1.47 bits per heavy atom. The first-order valence-electron chi connectivity index (χ1n) is 19.9. The number of carbonyl (C=O) groups is 1. The van der Waals surface area contributed by atoms with Crippen LogP contribution in [0.2, 0.25) is 36.3 Å². The van der Waals surface area contributed by atoms with Crippen molar-refractivity contribution in [2.24, 2.45) is 22.2 Å². The van der Waals surface area contributed by atoms with Gasteiger partial charge in [-0.05, 0) is 114 Å². The van der Waals surface area contributed by atoms with Crippen molar-refractivity contribution >= 4 is 22.6 Å². The van der Waals surface area contributed by atoms with Crippen molar-refractivity contribution < 1.29 is 23.1 Å². The average Bonchev–Trinajstić information content (AvgIpc) is 3.30. The van der Waals surface area contributed by atoms with Crippen LogP contribution in [-0.2, 0) is 23.1 Å². The normalized spacial score (nSPS) is 27.9. The molecule has 0 N–H and O–H groups in total. The van der Waals surface area contributed by atoms with Gasteiger partial charge in [0.15, 0.2) is 16.6 Å². The molecule has 3 rings (SSSR count). The van der Waals surface area contributed by atoms with Gasteiger partial charge in [0.2, 0.25) is 0 Å². The molecule has 0 radical (unpaired) electrons. The van der Waals surface area contributed by atoms with E-state index in [1.807, 2.05) is 0 Å². The zero-order valence-electron chi connectivity index (χ0n) is 36.3. The third-order valence-electron chi connectivity index (χ3n) is 13.1. The van der Waals surface area contributed by atoms with Crippen molar-refractivity contribution in [3.05, 3.63) is 47.1 Å². The second kappa shape index (κ2) is 15.5. The summed E-state index contributed by atoms with van der Waals surface area (Å²) in [6.07, 6.45) is 13.1. The molecule has 5 atom stereocenters. The number of fused-ring (bicyclic) bond motifs is 1. The van der Waals surface area contributed by atoms with Crippen molar-refractivity contribution in [1.82, 2.24) is 0 Å². The summed E-state index contributed by atoms with van der Waals surface area (Å²) in [5.41, 5.74) is 4.94. The first-order chi connectivity index (χ1) is 22.9. The fraction of sp³-hybridized carbons (Fsp3) is 0.795. The molecule has 51 heavy (non-hydrogen) atoms. The summed E-state index contributed by atoms with van der Waals surface area (Å²) in [5, 5.41) is 0.264. The number of hydrogen-bond donors (Lipinski definition) is 0. The topological polar surface area (TPSA) is 54.0 Å². The van der Waals surface area contributed by atoms with Gasteiger partial charge in [0.05, 0.1) is 18.3 Å². The lowest BCUT2D eigenvalue weighted by Crippen LogP contribution is -2.49. The van der Waals surface area contributed by atoms with E-state index in [1.165, 1.54) is 16.7 Å². The summed E-state index contributed by atoms with van der Waals surface area (Å²) in [5.74, 6) is 0.143. The maximum atomic E-state index is 13.0. The molecule has 0 aromatic carbocycles. The number of carbonyl (C=O) groups excluding carboxylic acids is 1. The zero-order valence-corrected chi connectivity index (χ0v) is 38.3. The standard InChI is InChI=1S/C44H78O5Si2/c1-30-33(27-34(48-50(16,17)42(9,10)11)28-37(30)49-51(18,19)43(12,13)14)23-22-32-21-20-26-44(15)35(24-25-36(32)44)31(2)46-29-38(45)47-39(40(3,4)5)41(6,7)8/h22-24,31,34,36-37,39H,1,20-21,25-29H2,2-19H3/b32-22+,33-23-/t31?,34-,36+,37+,44-/m1/s1. The van der Waals surface area contributed by atoms with Crippen LogP contribution in [0.1, 0.15) is 135 Å². The lowest BCUT2D eigenvalue weighted by molar-refractivity contribution is -0.170. The highest BCUT2D eigenvalue weighted by atomic mass is 28.4. The first-order valence-corrected chi connectivity index (χ1v) is 25.7. The molecular formula is C44H78O5Si2. The third kappa shape index (κ3) is 10.5. The highest BCUT2D eigenvalue weighted by molar-refractivity contribution is 6.74. The minimum Gasteiger partial charge on any atom is -0.460 e. The second-order valence-corrected chi connectivity index (χ2v) is 31.1. The highest BCUT2D eigenvalue weighted by Gasteiger charge is 2.48. The Bertz CT molecular complexity index is 1340. The van der Waals surface area contributed by atoms with Crippen LogP contribution < -0.4 is 0 Å². The van der Waals surface area contributed by atoms with Gasteiger partial charge in [-0.1, -0.05) is 120 Å². The Kier molecular flexibility index (Phi) is 13.4. The van der Waals surface area contributed by atoms with E-state index in [4.69, 9.17) is 18.3 Å². The molecule has 5 nitrogen and oxygen atoms in total. The predicted molar refractivity (Wildman–Crippen MR) is 221 cm³/mol. The average molecular weight is 743 g/mol. The molecule has 0 aromatic heterocycles. The number of ether oxygens (including phenoxy) is 2. The van der Waals surface area contributed by atoms with Crippen LogP contribution >= 0.6 is 0 Å². The van der Waals surface area contributed by atoms with E-state index >= 15 is 0 Å². The minimum absolute atomic E-state index is 0.0107. The Balaban J connectivity index is 1.82. The minimum atomic E-state index is -2.02. The van der Waals surface area contributed by atoms with E-state index in [-0.39, 0.29) is 63.3 Å². The number of hydrogen-bond acceptors (Lipinski definition) is 5. The zero-order chi connectivity index (χ0) is 39.2. The Hall–Kier alpha value is -1.26. The maximum Gasteiger partial charge on any atom is 0.332 e. The summed E-state index contributed by atoms with van der Waals surface area (Å²) in [4.78, 5) is 13.0. The largest absolute Gasteiger partial charge is 0.460 e. The van der Waals surface area contributed by atoms with Gasteiger partial charge >= 0.3 is 5.97 Å². The molecule has 3 aliphatic carbocycles. The second-order valence-electron chi connectivity index (χ2n) is 21.5. The van der Waals surface area contributed by atoms with Crippen molar-refractivity contribution in [2.45, 2.75) is 196 Å². The van der Waals surface area contributed by atoms with Crippen LogP contribution in [0.5, 0.6) is 0 Å². The van der Waals surface area contributed by atoms with Gasteiger partial charge in [-0.25, -0.2) is 4.79 Å². The van der Waals surface area contributed by atoms with Crippen LogP contribution in [0.25, 0.3) is 0 Å². The molecule has 0 bridgehead atoms. The van der Waals surface area contributed by atoms with E-state index in [9.17, 15) is 4.79 Å². The molecule has 0 saturated heterocycles. The van der Waals surface area contributed by atoms with Crippen LogP contribution in [0.4, 0.5) is 0 Å². The van der Waals surface area contributed by atoms with Crippen molar-refractivity contribution in [3.63, 3.8) is 0 Å². The third-order valence-corrected chi connectivity index (χ3v) is 22.1. The lowest BCUT2D eigenvalue weighted by Gasteiger charge is -2.45. The van der Waals surface area contributed by atoms with Gasteiger partial charge < -0.3 is 18.3 Å². The predicted octanol–water partition coefficient (Wildman–Crippen LogP) is 12.5. The Morgan fingerprint density at radius 1 is 0.922 bits per heavy atom. The smallest absolute Gasteiger partial charge is 0.332 e. The SMILES string of the molecule is C=C1/C(=C\C=C2/CCC[C@]3(C)C(C(C)OCC(=O)OC(C(C)(C)C)C(C)(C)C)=CC[C@@H]23)C[C@@H](O[Si](C)(C)C(C)(C)C)C[C@@H]1O[Si](C)(C)C(C)(C)C. The van der Waals surface area contributed by atoms with Crippen LogP contribution in [0, 0.1) is 22.2 Å². The molecule has 0 spiro atoms. The van der Waals surface area contributed by atoms with Gasteiger partial charge in [-0.3, -0.25) is 0 Å². The van der Waals surface area contributed by atoms with Crippen molar-refractivity contribution in [1.29, 1.82) is 0 Å². The van der Waals surface area contributed by atoms with Gasteiger partial charge in [0.25, 0.3) is 0 Å². The molecular weight excluding hydrogens is 665 g/mol. The van der Waals surface area contributed by atoms with Crippen molar-refractivity contribution in [2.75, 3.05) is 6.61 Å². The summed E-state index contributed by atoms with van der Waals surface area (Å²) >= 11 is 0. The van der Waals surface area contributed by atoms with Gasteiger partial charge in [-0.15, -0.1) is 0 Å². The van der Waals surface area contributed by atoms with E-state index < -0.39 is 16.6 Å². The molecule has 2 saturated carbocycles. The molecule has 1 unspecified atom stereocenters.